The van der Waals surface area contributed by atoms with Gasteiger partial charge in [-0.15, -0.1) is 0 Å². The van der Waals surface area contributed by atoms with Crippen LogP contribution in [-0.2, 0) is 6.42 Å². The summed E-state index contributed by atoms with van der Waals surface area (Å²) in [6, 6.07) is 4.45. The molecule has 1 aliphatic rings. The average Bonchev–Trinajstić information content (AvgIpc) is 2.97. The van der Waals surface area contributed by atoms with E-state index in [0.717, 1.165) is 36.3 Å². The summed E-state index contributed by atoms with van der Waals surface area (Å²) in [6.45, 7) is 2.19. The van der Waals surface area contributed by atoms with Gasteiger partial charge in [-0.05, 0) is 56.5 Å². The molecule has 0 amide bonds. The Morgan fingerprint density at radius 3 is 2.95 bits per heavy atom. The first-order valence-corrected chi connectivity index (χ1v) is 8.00. The van der Waals surface area contributed by atoms with Crippen LogP contribution in [0.1, 0.15) is 25.2 Å². The Balaban J connectivity index is 1.66. The van der Waals surface area contributed by atoms with E-state index in [-0.39, 0.29) is 5.82 Å². The van der Waals surface area contributed by atoms with Gasteiger partial charge in [0.05, 0.1) is 0 Å². The molecule has 112 valence electrons. The summed E-state index contributed by atoms with van der Waals surface area (Å²) in [5, 5.41) is 7.31. The van der Waals surface area contributed by atoms with Gasteiger partial charge in [0.1, 0.15) is 5.82 Å². The molecule has 1 aromatic heterocycles. The molecule has 3 rings (SSSR count). The second kappa shape index (κ2) is 6.66. The third-order valence-electron chi connectivity index (χ3n) is 3.86. The number of nitrogens with one attached hydrogen (secondary N) is 1. The fraction of sp³-hybridized carbons (Fsp3) is 0.467. The van der Waals surface area contributed by atoms with Crippen LogP contribution in [0.2, 0.25) is 0 Å². The van der Waals surface area contributed by atoms with Crippen LogP contribution in [0.4, 0.5) is 4.39 Å². The zero-order valence-corrected chi connectivity index (χ0v) is 13.2. The van der Waals surface area contributed by atoms with Crippen molar-refractivity contribution in [2.75, 3.05) is 13.1 Å². The summed E-state index contributed by atoms with van der Waals surface area (Å²) in [5.41, 5.74) is 0.617. The summed E-state index contributed by atoms with van der Waals surface area (Å²) >= 11 is 3.38. The number of benzene rings is 1. The molecule has 1 fully saturated rings. The quantitative estimate of drug-likeness (QED) is 0.912. The number of halogens is 2. The molecule has 2 heterocycles. The summed E-state index contributed by atoms with van der Waals surface area (Å²) in [7, 11) is 0. The van der Waals surface area contributed by atoms with Gasteiger partial charge in [0, 0.05) is 16.5 Å². The maximum atomic E-state index is 13.3. The first-order valence-electron chi connectivity index (χ1n) is 7.21. The lowest BCUT2D eigenvalue weighted by atomic mass is 9.93. The monoisotopic (exact) mass is 353 g/mol. The predicted molar refractivity (Wildman–Crippen MR) is 81.3 cm³/mol. The maximum absolute atomic E-state index is 13.3. The molecule has 0 aliphatic carbocycles. The summed E-state index contributed by atoms with van der Waals surface area (Å²) in [4.78, 5) is 4.38. The van der Waals surface area contributed by atoms with Gasteiger partial charge < -0.3 is 9.84 Å². The van der Waals surface area contributed by atoms with Crippen LogP contribution >= 0.6 is 15.9 Å². The zero-order chi connectivity index (χ0) is 14.7. The van der Waals surface area contributed by atoms with Crippen molar-refractivity contribution in [3.63, 3.8) is 0 Å². The molecule has 21 heavy (non-hydrogen) atoms. The number of hydrogen-bond donors (Lipinski definition) is 1. The molecular formula is C15H17BrFN3O. The molecule has 6 heteroatoms. The second-order valence-corrected chi connectivity index (χ2v) is 6.22. The molecule has 0 unspecified atom stereocenters. The van der Waals surface area contributed by atoms with E-state index in [9.17, 15) is 4.39 Å². The average molecular weight is 354 g/mol. The van der Waals surface area contributed by atoms with Crippen LogP contribution in [0.3, 0.4) is 0 Å². The third-order valence-corrected chi connectivity index (χ3v) is 4.55. The lowest BCUT2D eigenvalue weighted by Gasteiger charge is -2.21. The van der Waals surface area contributed by atoms with Crippen LogP contribution in [0.5, 0.6) is 0 Å². The number of hydrogen-bond acceptors (Lipinski definition) is 4. The highest BCUT2D eigenvalue weighted by atomic mass is 79.9. The molecule has 0 bridgehead atoms. The second-order valence-electron chi connectivity index (χ2n) is 5.37. The van der Waals surface area contributed by atoms with Gasteiger partial charge in [0.2, 0.25) is 11.7 Å². The molecule has 4 nitrogen and oxygen atoms in total. The molecule has 1 aromatic carbocycles. The van der Waals surface area contributed by atoms with Crippen LogP contribution in [-0.4, -0.2) is 23.2 Å². The number of rotatable bonds is 4. The van der Waals surface area contributed by atoms with E-state index in [1.165, 1.54) is 25.0 Å². The largest absolute Gasteiger partial charge is 0.339 e. The summed E-state index contributed by atoms with van der Waals surface area (Å²) in [5.74, 6) is 1.47. The van der Waals surface area contributed by atoms with Crippen LogP contribution in [0, 0.1) is 11.7 Å². The van der Waals surface area contributed by atoms with E-state index in [1.54, 1.807) is 6.07 Å². The van der Waals surface area contributed by atoms with E-state index < -0.39 is 0 Å². The number of aryl methyl sites for hydroxylation is 1. The number of nitrogens with zero attached hydrogens (tertiary/aromatic N) is 2. The van der Waals surface area contributed by atoms with Crippen LogP contribution < -0.4 is 5.32 Å². The van der Waals surface area contributed by atoms with E-state index in [2.05, 4.69) is 31.4 Å². The standard InChI is InChI=1S/C15H17BrFN3O/c16-13-3-2-11(17)9-12(13)15-19-14(21-20-15)4-1-10-5-7-18-8-6-10/h2-3,9-10,18H,1,4-8H2. The van der Waals surface area contributed by atoms with Crippen molar-refractivity contribution in [1.82, 2.24) is 15.5 Å². The molecule has 0 saturated carbocycles. The van der Waals surface area contributed by atoms with Crippen LogP contribution in [0.25, 0.3) is 11.4 Å². The first-order chi connectivity index (χ1) is 10.2. The maximum Gasteiger partial charge on any atom is 0.226 e. The van der Waals surface area contributed by atoms with Gasteiger partial charge in [-0.2, -0.15) is 4.98 Å². The highest BCUT2D eigenvalue weighted by molar-refractivity contribution is 9.10. The van der Waals surface area contributed by atoms with Crippen molar-refractivity contribution >= 4 is 15.9 Å². The lowest BCUT2D eigenvalue weighted by Crippen LogP contribution is -2.27. The third kappa shape index (κ3) is 3.68. The smallest absolute Gasteiger partial charge is 0.226 e. The van der Waals surface area contributed by atoms with Gasteiger partial charge in [0.15, 0.2) is 0 Å². The van der Waals surface area contributed by atoms with Gasteiger partial charge in [-0.25, -0.2) is 4.39 Å². The Labute approximate surface area is 131 Å². The van der Waals surface area contributed by atoms with Gasteiger partial charge in [-0.1, -0.05) is 21.1 Å². The SMILES string of the molecule is Fc1ccc(Br)c(-c2noc(CCC3CCNCC3)n2)c1. The van der Waals surface area contributed by atoms with E-state index in [1.807, 2.05) is 0 Å². The minimum atomic E-state index is -0.311. The molecule has 1 aliphatic heterocycles. The van der Waals surface area contributed by atoms with Gasteiger partial charge in [-0.3, -0.25) is 0 Å². The molecular weight excluding hydrogens is 337 g/mol. The van der Waals surface area contributed by atoms with E-state index >= 15 is 0 Å². The Morgan fingerprint density at radius 2 is 2.14 bits per heavy atom. The van der Waals surface area contributed by atoms with Crippen molar-refractivity contribution < 1.29 is 8.91 Å². The minimum absolute atomic E-state index is 0.311. The molecule has 0 atom stereocenters. The Bertz CT molecular complexity index is 611. The topological polar surface area (TPSA) is 51.0 Å². The predicted octanol–water partition coefficient (Wildman–Crippen LogP) is 3.57. The Hall–Kier alpha value is -1.27. The minimum Gasteiger partial charge on any atom is -0.339 e. The lowest BCUT2D eigenvalue weighted by molar-refractivity contribution is 0.324. The molecule has 1 N–H and O–H groups in total. The first kappa shape index (κ1) is 14.7. The van der Waals surface area contributed by atoms with Crippen molar-refractivity contribution in [2.45, 2.75) is 25.7 Å². The van der Waals surface area contributed by atoms with Crippen LogP contribution in [0.15, 0.2) is 27.2 Å². The number of aromatic nitrogens is 2. The summed E-state index contributed by atoms with van der Waals surface area (Å²) in [6.07, 6.45) is 4.26. The number of piperidine rings is 1. The van der Waals surface area contributed by atoms with Crippen molar-refractivity contribution in [3.8, 4) is 11.4 Å². The van der Waals surface area contributed by atoms with Crippen molar-refractivity contribution in [3.05, 3.63) is 34.4 Å². The van der Waals surface area contributed by atoms with E-state index in [4.69, 9.17) is 4.52 Å². The van der Waals surface area contributed by atoms with Crippen molar-refractivity contribution in [1.29, 1.82) is 0 Å². The Morgan fingerprint density at radius 1 is 1.33 bits per heavy atom. The fourth-order valence-corrected chi connectivity index (χ4v) is 3.06. The van der Waals surface area contributed by atoms with E-state index in [0.29, 0.717) is 17.3 Å². The molecule has 0 spiro atoms. The zero-order valence-electron chi connectivity index (χ0n) is 11.6. The molecule has 0 radical (unpaired) electrons. The van der Waals surface area contributed by atoms with Crippen molar-refractivity contribution in [2.24, 2.45) is 5.92 Å². The van der Waals surface area contributed by atoms with Gasteiger partial charge >= 0.3 is 0 Å². The normalized spacial score (nSPS) is 16.3. The fourth-order valence-electron chi connectivity index (χ4n) is 2.63. The highest BCUT2D eigenvalue weighted by Gasteiger charge is 2.16. The molecule has 1 saturated heterocycles. The Kier molecular flexibility index (Phi) is 4.65. The summed E-state index contributed by atoms with van der Waals surface area (Å²) < 4.78 is 19.4. The molecule has 2 aromatic rings. The highest BCUT2D eigenvalue weighted by Crippen LogP contribution is 2.27. The van der Waals surface area contributed by atoms with Gasteiger partial charge in [0.25, 0.3) is 0 Å².